The maximum atomic E-state index is 13.8. The molecular formula is C33H32ClNO5. The van der Waals surface area contributed by atoms with E-state index in [1.54, 1.807) is 18.2 Å². The number of carbonyl (C=O) groups excluding carboxylic acids is 2. The van der Waals surface area contributed by atoms with E-state index in [1.807, 2.05) is 68.4 Å². The molecule has 3 aromatic carbocycles. The number of benzene rings is 3. The van der Waals surface area contributed by atoms with Crippen LogP contribution in [-0.4, -0.2) is 30.1 Å². The smallest absolute Gasteiger partial charge is 0.336 e. The molecular weight excluding hydrogens is 526 g/mol. The summed E-state index contributed by atoms with van der Waals surface area (Å²) in [7, 11) is 0. The van der Waals surface area contributed by atoms with Crippen molar-refractivity contribution < 1.29 is 24.2 Å². The first-order valence-electron chi connectivity index (χ1n) is 13.5. The zero-order valence-electron chi connectivity index (χ0n) is 22.6. The topological polar surface area (TPSA) is 84.9 Å². The van der Waals surface area contributed by atoms with Crippen LogP contribution in [0.25, 0.3) is 0 Å². The number of Topliss-reactive ketones (excluding diaryl/α,β-unsaturated/α-hetero) is 1. The number of phenols is 1. The van der Waals surface area contributed by atoms with Gasteiger partial charge in [-0.1, -0.05) is 60.1 Å². The van der Waals surface area contributed by atoms with Crippen LogP contribution < -0.4 is 10.1 Å². The number of dihydropyridines is 1. The number of halogens is 1. The SMILES string of the molecule is CCOc1cc(C2C(C(=O)OCCc3ccccc3)=C(C)NC3=C2C(=O)CC(c2ccc(Cl)cc2)C3)ccc1O. The third kappa shape index (κ3) is 5.77. The minimum absolute atomic E-state index is 0.000741. The highest BCUT2D eigenvalue weighted by Gasteiger charge is 2.41. The van der Waals surface area contributed by atoms with E-state index in [-0.39, 0.29) is 24.1 Å². The average Bonchev–Trinajstić information content (AvgIpc) is 2.94. The van der Waals surface area contributed by atoms with Crippen molar-refractivity contribution >= 4 is 23.4 Å². The lowest BCUT2D eigenvalue weighted by Crippen LogP contribution is -2.36. The summed E-state index contributed by atoms with van der Waals surface area (Å²) >= 11 is 6.09. The predicted molar refractivity (Wildman–Crippen MR) is 154 cm³/mol. The highest BCUT2D eigenvalue weighted by Crippen LogP contribution is 2.47. The number of ketones is 1. The quantitative estimate of drug-likeness (QED) is 0.304. The zero-order chi connectivity index (χ0) is 28.2. The van der Waals surface area contributed by atoms with Crippen LogP contribution in [0.1, 0.15) is 55.2 Å². The maximum absolute atomic E-state index is 13.8. The molecule has 1 aliphatic carbocycles. The van der Waals surface area contributed by atoms with E-state index in [2.05, 4.69) is 5.32 Å². The Morgan fingerprint density at radius 2 is 1.75 bits per heavy atom. The largest absolute Gasteiger partial charge is 0.504 e. The molecule has 2 atom stereocenters. The van der Waals surface area contributed by atoms with Crippen molar-refractivity contribution in [2.24, 2.45) is 0 Å². The molecule has 40 heavy (non-hydrogen) atoms. The van der Waals surface area contributed by atoms with Crippen molar-refractivity contribution in [1.82, 2.24) is 5.32 Å². The van der Waals surface area contributed by atoms with Crippen LogP contribution in [-0.2, 0) is 20.7 Å². The van der Waals surface area contributed by atoms with Gasteiger partial charge in [0.05, 0.1) is 18.8 Å². The van der Waals surface area contributed by atoms with Gasteiger partial charge in [0, 0.05) is 40.7 Å². The molecule has 0 amide bonds. The number of rotatable bonds is 8. The van der Waals surface area contributed by atoms with E-state index in [4.69, 9.17) is 21.1 Å². The van der Waals surface area contributed by atoms with E-state index in [0.29, 0.717) is 59.0 Å². The van der Waals surface area contributed by atoms with Crippen molar-refractivity contribution in [2.75, 3.05) is 13.2 Å². The maximum Gasteiger partial charge on any atom is 0.336 e. The van der Waals surface area contributed by atoms with Gasteiger partial charge in [-0.05, 0) is 67.1 Å². The number of allylic oxidation sites excluding steroid dienone is 3. The van der Waals surface area contributed by atoms with Crippen molar-refractivity contribution in [3.63, 3.8) is 0 Å². The lowest BCUT2D eigenvalue weighted by Gasteiger charge is -2.36. The van der Waals surface area contributed by atoms with E-state index in [0.717, 1.165) is 16.8 Å². The van der Waals surface area contributed by atoms with Gasteiger partial charge in [0.15, 0.2) is 17.3 Å². The third-order valence-corrected chi connectivity index (χ3v) is 7.72. The summed E-state index contributed by atoms with van der Waals surface area (Å²) in [6.45, 7) is 4.25. The number of aromatic hydroxyl groups is 1. The molecule has 0 saturated heterocycles. The lowest BCUT2D eigenvalue weighted by molar-refractivity contribution is -0.139. The first-order valence-corrected chi connectivity index (χ1v) is 13.9. The van der Waals surface area contributed by atoms with Gasteiger partial charge in [-0.25, -0.2) is 4.79 Å². The fraction of sp³-hybridized carbons (Fsp3) is 0.273. The van der Waals surface area contributed by atoms with Crippen LogP contribution in [0.2, 0.25) is 5.02 Å². The Morgan fingerprint density at radius 3 is 2.48 bits per heavy atom. The Hall–Kier alpha value is -4.03. The normalized spacial score (nSPS) is 18.7. The molecule has 6 nitrogen and oxygen atoms in total. The molecule has 1 heterocycles. The number of nitrogens with one attached hydrogen (secondary N) is 1. The fourth-order valence-corrected chi connectivity index (χ4v) is 5.70. The van der Waals surface area contributed by atoms with Crippen molar-refractivity contribution in [1.29, 1.82) is 0 Å². The summed E-state index contributed by atoms with van der Waals surface area (Å²) in [6, 6.07) is 22.4. The van der Waals surface area contributed by atoms with Gasteiger partial charge < -0.3 is 19.9 Å². The molecule has 0 aromatic heterocycles. The lowest BCUT2D eigenvalue weighted by atomic mass is 9.71. The molecule has 5 rings (SSSR count). The van der Waals surface area contributed by atoms with E-state index >= 15 is 0 Å². The Balaban J connectivity index is 1.50. The molecule has 7 heteroatoms. The second kappa shape index (κ2) is 12.0. The monoisotopic (exact) mass is 557 g/mol. The van der Waals surface area contributed by atoms with Gasteiger partial charge in [0.2, 0.25) is 0 Å². The molecule has 2 unspecified atom stereocenters. The summed E-state index contributed by atoms with van der Waals surface area (Å²) in [5, 5.41) is 14.4. The number of carbonyl (C=O) groups is 2. The minimum atomic E-state index is -0.654. The number of esters is 1. The molecule has 0 fully saturated rings. The summed E-state index contributed by atoms with van der Waals surface area (Å²) in [6.07, 6.45) is 1.51. The molecule has 2 N–H and O–H groups in total. The fourth-order valence-electron chi connectivity index (χ4n) is 5.58. The molecule has 0 saturated carbocycles. The van der Waals surface area contributed by atoms with E-state index in [9.17, 15) is 14.7 Å². The van der Waals surface area contributed by atoms with Gasteiger partial charge >= 0.3 is 5.97 Å². The number of hydrogen-bond donors (Lipinski definition) is 2. The van der Waals surface area contributed by atoms with Gasteiger partial charge in [-0.2, -0.15) is 0 Å². The van der Waals surface area contributed by atoms with Gasteiger partial charge in [0.25, 0.3) is 0 Å². The van der Waals surface area contributed by atoms with Crippen LogP contribution in [0.3, 0.4) is 0 Å². The Labute approximate surface area is 239 Å². The second-order valence-corrected chi connectivity index (χ2v) is 10.5. The van der Waals surface area contributed by atoms with Crippen LogP contribution in [0, 0.1) is 0 Å². The van der Waals surface area contributed by atoms with Crippen molar-refractivity contribution in [3.8, 4) is 11.5 Å². The predicted octanol–water partition coefficient (Wildman–Crippen LogP) is 6.59. The number of ether oxygens (including phenoxy) is 2. The van der Waals surface area contributed by atoms with Gasteiger partial charge in [-0.3, -0.25) is 4.79 Å². The first kappa shape index (κ1) is 27.5. The van der Waals surface area contributed by atoms with Crippen LogP contribution >= 0.6 is 11.6 Å². The molecule has 0 radical (unpaired) electrons. The van der Waals surface area contributed by atoms with Crippen LogP contribution in [0.15, 0.2) is 95.3 Å². The summed E-state index contributed by atoms with van der Waals surface area (Å²) in [5.74, 6) is -0.874. The zero-order valence-corrected chi connectivity index (χ0v) is 23.3. The minimum Gasteiger partial charge on any atom is -0.504 e. The van der Waals surface area contributed by atoms with Crippen LogP contribution in [0.5, 0.6) is 11.5 Å². The average molecular weight is 558 g/mol. The van der Waals surface area contributed by atoms with E-state index in [1.165, 1.54) is 0 Å². The Morgan fingerprint density at radius 1 is 1.02 bits per heavy atom. The summed E-state index contributed by atoms with van der Waals surface area (Å²) < 4.78 is 11.4. The molecule has 1 aliphatic heterocycles. The number of phenolic OH excluding ortho intramolecular Hbond substituents is 1. The highest BCUT2D eigenvalue weighted by atomic mass is 35.5. The highest BCUT2D eigenvalue weighted by molar-refractivity contribution is 6.30. The third-order valence-electron chi connectivity index (χ3n) is 7.47. The van der Waals surface area contributed by atoms with Gasteiger partial charge in [0.1, 0.15) is 0 Å². The van der Waals surface area contributed by atoms with Crippen LogP contribution in [0.4, 0.5) is 0 Å². The van der Waals surface area contributed by atoms with Gasteiger partial charge in [-0.15, -0.1) is 0 Å². The Bertz CT molecular complexity index is 1480. The second-order valence-electron chi connectivity index (χ2n) is 10.1. The Kier molecular flexibility index (Phi) is 8.27. The van der Waals surface area contributed by atoms with Crippen molar-refractivity contribution in [2.45, 2.75) is 44.9 Å². The molecule has 206 valence electrons. The molecule has 0 spiro atoms. The standard InChI is InChI=1S/C33H32ClNO5/c1-3-39-29-19-23(11-14-27(29)36)31-30(33(38)40-16-15-21-7-5-4-6-8-21)20(2)35-26-17-24(18-28(37)32(26)31)22-9-12-25(34)13-10-22/h4-14,19,24,31,35-36H,3,15-18H2,1-2H3. The molecule has 0 bridgehead atoms. The number of hydrogen-bond acceptors (Lipinski definition) is 6. The first-order chi connectivity index (χ1) is 19.4. The summed E-state index contributed by atoms with van der Waals surface area (Å²) in [5.41, 5.74) is 5.17. The van der Waals surface area contributed by atoms with Crippen molar-refractivity contribution in [3.05, 3.63) is 117 Å². The summed E-state index contributed by atoms with van der Waals surface area (Å²) in [4.78, 5) is 27.4. The molecule has 2 aliphatic rings. The van der Waals surface area contributed by atoms with E-state index < -0.39 is 11.9 Å². The molecule has 3 aromatic rings.